The van der Waals surface area contributed by atoms with Gasteiger partial charge < -0.3 is 79.4 Å². The van der Waals surface area contributed by atoms with Gasteiger partial charge in [0.2, 0.25) is 0 Å². The van der Waals surface area contributed by atoms with Gasteiger partial charge in [-0.25, -0.2) is 0 Å². The van der Waals surface area contributed by atoms with E-state index in [9.17, 15) is 35.7 Å². The lowest BCUT2D eigenvalue weighted by molar-refractivity contribution is -0.386. The maximum absolute atomic E-state index is 12.1. The molecule has 8 fully saturated rings. The van der Waals surface area contributed by atoms with Crippen molar-refractivity contribution in [3.05, 3.63) is 11.6 Å². The van der Waals surface area contributed by atoms with Gasteiger partial charge in [-0.1, -0.05) is 39.3 Å². The monoisotopic (exact) mass is 867 g/mol. The smallest absolute Gasteiger partial charge is 0.187 e. The van der Waals surface area contributed by atoms with Crippen LogP contribution < -0.4 is 5.73 Å². The Morgan fingerprint density at radius 2 is 1.36 bits per heavy atom. The van der Waals surface area contributed by atoms with E-state index >= 15 is 0 Å². The molecule has 0 amide bonds. The lowest BCUT2D eigenvalue weighted by Gasteiger charge is -2.59. The van der Waals surface area contributed by atoms with Crippen LogP contribution in [0.5, 0.6) is 0 Å². The highest BCUT2D eigenvalue weighted by Gasteiger charge is 2.69. The maximum atomic E-state index is 12.1. The van der Waals surface area contributed by atoms with Gasteiger partial charge in [0.25, 0.3) is 0 Å². The molecule has 5 saturated heterocycles. The van der Waals surface area contributed by atoms with Gasteiger partial charge in [-0.2, -0.15) is 0 Å². The maximum Gasteiger partial charge on any atom is 0.187 e. The Kier molecular flexibility index (Phi) is 12.4. The minimum absolute atomic E-state index is 0.00294. The van der Waals surface area contributed by atoms with E-state index in [1.165, 1.54) is 32.3 Å². The average Bonchev–Trinajstić information content (AvgIpc) is 3.69. The molecule has 5 heterocycles. The number of hydrogen-bond donors (Lipinski definition) is 8. The second-order valence-corrected chi connectivity index (χ2v) is 21.1. The normalized spacial score (nSPS) is 58.4. The summed E-state index contributed by atoms with van der Waals surface area (Å²) in [5.74, 6) is 2.71. The summed E-state index contributed by atoms with van der Waals surface area (Å²) in [5.41, 5.74) is 7.80. The van der Waals surface area contributed by atoms with Crippen molar-refractivity contribution in [1.82, 2.24) is 0 Å². The Labute approximate surface area is 359 Å². The highest BCUT2D eigenvalue weighted by Crippen LogP contribution is 2.70. The molecule has 1 unspecified atom stereocenters. The van der Waals surface area contributed by atoms with Crippen LogP contribution in [-0.2, 0) is 37.9 Å². The van der Waals surface area contributed by atoms with E-state index in [1.807, 2.05) is 0 Å². The van der Waals surface area contributed by atoms with E-state index in [0.717, 1.165) is 45.1 Å². The van der Waals surface area contributed by atoms with Gasteiger partial charge in [0.15, 0.2) is 24.7 Å². The predicted octanol–water partition coefficient (Wildman–Crippen LogP) is 1.21. The van der Waals surface area contributed by atoms with Crippen LogP contribution in [0, 0.1) is 46.3 Å². The molecule has 3 saturated carbocycles. The second kappa shape index (κ2) is 16.8. The molecule has 4 aliphatic carbocycles. The fourth-order valence-corrected chi connectivity index (χ4v) is 14.0. The van der Waals surface area contributed by atoms with Gasteiger partial charge in [0.1, 0.15) is 61.0 Å². The van der Waals surface area contributed by atoms with Crippen LogP contribution in [-0.4, -0.2) is 159 Å². The standard InChI is InChI=1S/C45H73NO15/c1-19-9-14-45(54-18-19)20(2)30-28(61-45)16-27-25-8-7-23-15-24(10-12-43(23,5)26(25)11-13-44(27,30)6)57-42-39(60-41-36(52)34(50)32(48)22(4)56-41)37(53)38(29(17-46)58-42)59-40-35(51)33(49)31(47)21(3)55-40/h7,19-22,24-42,47-53H,8-18,46H2,1-6H3/t19-,20-,21+,22+,24-,25+,26-,27?,28-,29+,30-,31+,32+,33-,34-,35-,36-,37-,38+,39+,40+,41+,42+,43-,44-,45+/m0/s1. The molecule has 1 spiro atoms. The highest BCUT2D eigenvalue weighted by atomic mass is 16.8. The fourth-order valence-electron chi connectivity index (χ4n) is 14.0. The average molecular weight is 868 g/mol. The molecule has 9 rings (SSSR count). The SMILES string of the molecule is C[C@H]1CC[C@@]2(OC1)O[C@H]1CC3[C@@H]4CC=C5C[C@@H](O[C@@H]6O[C@H](CN)[C@@H](O[C@H]7O[C@H](C)[C@@H](O)[C@H](O)[C@@H]7O)[C@H](O)[C@H]6O[C@H]6O[C@H](C)[C@@H](O)[C@H](O)[C@@H]6O)CC[C@]5(C)[C@H]4CC[C@]3(C)[C@H]1[C@@H]2C. The van der Waals surface area contributed by atoms with Gasteiger partial charge in [0.05, 0.1) is 31.0 Å². The van der Waals surface area contributed by atoms with Crippen molar-refractivity contribution < 1.29 is 73.6 Å². The third-order valence-electron chi connectivity index (χ3n) is 17.7. The summed E-state index contributed by atoms with van der Waals surface area (Å²) < 4.78 is 50.5. The lowest BCUT2D eigenvalue weighted by atomic mass is 9.47. The molecule has 0 aromatic carbocycles. The van der Waals surface area contributed by atoms with Gasteiger partial charge in [-0.15, -0.1) is 0 Å². The molecule has 9 N–H and O–H groups in total. The van der Waals surface area contributed by atoms with Crippen LogP contribution in [0.2, 0.25) is 0 Å². The van der Waals surface area contributed by atoms with Crippen molar-refractivity contribution in [2.75, 3.05) is 13.2 Å². The minimum atomic E-state index is -1.68. The summed E-state index contributed by atoms with van der Waals surface area (Å²) in [6.45, 7) is 13.3. The molecule has 348 valence electrons. The topological polar surface area (TPSA) is 241 Å². The zero-order valence-electron chi connectivity index (χ0n) is 36.6. The van der Waals surface area contributed by atoms with Gasteiger partial charge >= 0.3 is 0 Å². The number of ether oxygens (including phenoxy) is 8. The van der Waals surface area contributed by atoms with Gasteiger partial charge in [-0.3, -0.25) is 0 Å². The van der Waals surface area contributed by atoms with Crippen LogP contribution in [0.4, 0.5) is 0 Å². The molecular weight excluding hydrogens is 794 g/mol. The number of aliphatic hydroxyl groups is 7. The zero-order chi connectivity index (χ0) is 43.5. The third kappa shape index (κ3) is 7.42. The van der Waals surface area contributed by atoms with Crippen LogP contribution in [0.3, 0.4) is 0 Å². The Bertz CT molecular complexity index is 1600. The molecule has 0 radical (unpaired) electrons. The zero-order valence-corrected chi connectivity index (χ0v) is 36.6. The molecule has 16 nitrogen and oxygen atoms in total. The first kappa shape index (κ1) is 45.3. The summed E-state index contributed by atoms with van der Waals surface area (Å²) in [7, 11) is 0. The Hall–Kier alpha value is -0.900. The Morgan fingerprint density at radius 1 is 0.705 bits per heavy atom. The van der Waals surface area contributed by atoms with Crippen molar-refractivity contribution in [3.8, 4) is 0 Å². The molecule has 0 aromatic rings. The summed E-state index contributed by atoms with van der Waals surface area (Å²) >= 11 is 0. The largest absolute Gasteiger partial charge is 0.388 e. The van der Waals surface area contributed by atoms with Crippen LogP contribution in [0.1, 0.15) is 99.3 Å². The summed E-state index contributed by atoms with van der Waals surface area (Å²) in [5, 5.41) is 75.5. The molecule has 26 atom stereocenters. The predicted molar refractivity (Wildman–Crippen MR) is 215 cm³/mol. The number of rotatable bonds is 7. The summed E-state index contributed by atoms with van der Waals surface area (Å²) in [6.07, 6.45) is -9.28. The van der Waals surface area contributed by atoms with E-state index in [4.69, 9.17) is 43.6 Å². The molecule has 0 aromatic heterocycles. The van der Waals surface area contributed by atoms with Crippen molar-refractivity contribution in [2.24, 2.45) is 52.1 Å². The number of fused-ring (bicyclic) bond motifs is 7. The Balaban J connectivity index is 0.916. The van der Waals surface area contributed by atoms with Crippen LogP contribution in [0.15, 0.2) is 11.6 Å². The van der Waals surface area contributed by atoms with Crippen molar-refractivity contribution in [2.45, 2.75) is 209 Å². The molecule has 0 bridgehead atoms. The van der Waals surface area contributed by atoms with E-state index in [-0.39, 0.29) is 29.6 Å². The number of nitrogens with two attached hydrogens (primary N) is 1. The molecule has 61 heavy (non-hydrogen) atoms. The van der Waals surface area contributed by atoms with E-state index in [2.05, 4.69) is 33.8 Å². The highest BCUT2D eigenvalue weighted by molar-refractivity contribution is 5.26. The second-order valence-electron chi connectivity index (χ2n) is 21.1. The first-order valence-corrected chi connectivity index (χ1v) is 23.3. The lowest BCUT2D eigenvalue weighted by Crippen LogP contribution is -2.67. The van der Waals surface area contributed by atoms with Crippen molar-refractivity contribution in [1.29, 1.82) is 0 Å². The molecular formula is C45H73NO15. The molecule has 16 heteroatoms. The van der Waals surface area contributed by atoms with Gasteiger partial charge in [0, 0.05) is 18.9 Å². The number of hydrogen-bond acceptors (Lipinski definition) is 16. The van der Waals surface area contributed by atoms with Crippen molar-refractivity contribution >= 4 is 0 Å². The summed E-state index contributed by atoms with van der Waals surface area (Å²) in [4.78, 5) is 0. The van der Waals surface area contributed by atoms with Crippen molar-refractivity contribution in [3.63, 3.8) is 0 Å². The first-order valence-electron chi connectivity index (χ1n) is 23.3. The van der Waals surface area contributed by atoms with E-state index < -0.39 is 97.9 Å². The quantitative estimate of drug-likeness (QED) is 0.168. The summed E-state index contributed by atoms with van der Waals surface area (Å²) in [6, 6.07) is 0. The fraction of sp³-hybridized carbons (Fsp3) is 0.956. The Morgan fingerprint density at radius 3 is 1.98 bits per heavy atom. The number of aliphatic hydroxyl groups excluding tert-OH is 7. The van der Waals surface area contributed by atoms with E-state index in [1.54, 1.807) is 0 Å². The van der Waals surface area contributed by atoms with E-state index in [0.29, 0.717) is 41.9 Å². The third-order valence-corrected chi connectivity index (χ3v) is 17.7. The molecule has 5 aliphatic heterocycles. The van der Waals surface area contributed by atoms with Gasteiger partial charge in [-0.05, 0) is 106 Å². The minimum Gasteiger partial charge on any atom is -0.388 e. The number of allylic oxidation sites excluding steroid dienone is 1. The van der Waals surface area contributed by atoms with Crippen LogP contribution >= 0.6 is 0 Å². The first-order chi connectivity index (χ1) is 28.9. The van der Waals surface area contributed by atoms with Crippen LogP contribution in [0.25, 0.3) is 0 Å². The molecule has 9 aliphatic rings.